The van der Waals surface area contributed by atoms with Crippen LogP contribution < -0.4 is 5.32 Å². The molecule has 0 radical (unpaired) electrons. The van der Waals surface area contributed by atoms with Gasteiger partial charge in [-0.15, -0.1) is 0 Å². The zero-order valence-electron chi connectivity index (χ0n) is 8.69. The summed E-state index contributed by atoms with van der Waals surface area (Å²) in [7, 11) is 0. The van der Waals surface area contributed by atoms with Gasteiger partial charge < -0.3 is 5.32 Å². The highest BCUT2D eigenvalue weighted by atomic mass is 16.6. The van der Waals surface area contributed by atoms with E-state index in [4.69, 9.17) is 0 Å². The summed E-state index contributed by atoms with van der Waals surface area (Å²) in [6.45, 7) is 2.91. The molecule has 0 amide bonds. The Morgan fingerprint density at radius 3 is 2.93 bits per heavy atom. The van der Waals surface area contributed by atoms with Crippen LogP contribution in [0.1, 0.15) is 30.0 Å². The number of rotatable bonds is 2. The lowest BCUT2D eigenvalue weighted by atomic mass is 10.0. The minimum atomic E-state index is -0.297. The van der Waals surface area contributed by atoms with Crippen LogP contribution in [0.4, 0.5) is 5.69 Å². The van der Waals surface area contributed by atoms with Gasteiger partial charge in [0.15, 0.2) is 0 Å². The highest BCUT2D eigenvalue weighted by molar-refractivity contribution is 5.44. The van der Waals surface area contributed by atoms with Crippen LogP contribution >= 0.6 is 0 Å². The first-order valence-corrected chi connectivity index (χ1v) is 5.17. The molecular formula is C11H14N2O2. The molecule has 1 saturated heterocycles. The van der Waals surface area contributed by atoms with Crippen LogP contribution in [0.2, 0.25) is 0 Å². The lowest BCUT2D eigenvalue weighted by Crippen LogP contribution is -2.14. The van der Waals surface area contributed by atoms with E-state index in [1.54, 1.807) is 12.1 Å². The molecular weight excluding hydrogens is 192 g/mol. The Labute approximate surface area is 88.5 Å². The normalized spacial score (nSPS) is 20.5. The highest BCUT2D eigenvalue weighted by Crippen LogP contribution is 2.31. The molecule has 1 N–H and O–H groups in total. The quantitative estimate of drug-likeness (QED) is 0.596. The van der Waals surface area contributed by atoms with E-state index in [1.807, 2.05) is 13.0 Å². The fourth-order valence-electron chi connectivity index (χ4n) is 2.07. The summed E-state index contributed by atoms with van der Waals surface area (Å²) in [6, 6.07) is 5.47. The number of benzene rings is 1. The minimum Gasteiger partial charge on any atom is -0.310 e. The molecule has 4 heteroatoms. The molecule has 1 aliphatic heterocycles. The van der Waals surface area contributed by atoms with Gasteiger partial charge >= 0.3 is 0 Å². The third-order valence-corrected chi connectivity index (χ3v) is 2.82. The van der Waals surface area contributed by atoms with Crippen molar-refractivity contribution < 1.29 is 4.92 Å². The second-order valence-electron chi connectivity index (χ2n) is 3.97. The fraction of sp³-hybridized carbons (Fsp3) is 0.455. The summed E-state index contributed by atoms with van der Waals surface area (Å²) in [4.78, 5) is 10.6. The molecule has 1 atom stereocenters. The molecule has 0 aromatic heterocycles. The Kier molecular flexibility index (Phi) is 2.68. The van der Waals surface area contributed by atoms with Gasteiger partial charge in [0.2, 0.25) is 0 Å². The van der Waals surface area contributed by atoms with Gasteiger partial charge in [-0.05, 0) is 32.4 Å². The smallest absolute Gasteiger partial charge is 0.274 e. The van der Waals surface area contributed by atoms with E-state index in [0.717, 1.165) is 30.5 Å². The standard InChI is InChI=1S/C11H14N2O2/c1-8-4-5-11(13(14)15)9(7-8)10-3-2-6-12-10/h4-5,7,10,12H,2-3,6H2,1H3/t10-/m1/s1. The van der Waals surface area contributed by atoms with Gasteiger partial charge in [0, 0.05) is 17.7 Å². The summed E-state index contributed by atoms with van der Waals surface area (Å²) >= 11 is 0. The first kappa shape index (κ1) is 10.1. The second-order valence-corrected chi connectivity index (χ2v) is 3.97. The van der Waals surface area contributed by atoms with Gasteiger partial charge in [-0.2, -0.15) is 0 Å². The van der Waals surface area contributed by atoms with Gasteiger partial charge in [0.05, 0.1) is 4.92 Å². The largest absolute Gasteiger partial charge is 0.310 e. The lowest BCUT2D eigenvalue weighted by Gasteiger charge is -2.11. The SMILES string of the molecule is Cc1ccc([N+](=O)[O-])c([C@H]2CCCN2)c1. The molecule has 15 heavy (non-hydrogen) atoms. The highest BCUT2D eigenvalue weighted by Gasteiger charge is 2.24. The molecule has 1 aromatic rings. The van der Waals surface area contributed by atoms with Crippen LogP contribution in [0, 0.1) is 17.0 Å². The van der Waals surface area contributed by atoms with Gasteiger partial charge in [-0.25, -0.2) is 0 Å². The van der Waals surface area contributed by atoms with Crippen molar-refractivity contribution in [1.82, 2.24) is 5.32 Å². The number of hydrogen-bond donors (Lipinski definition) is 1. The van der Waals surface area contributed by atoms with Crippen LogP contribution in [-0.4, -0.2) is 11.5 Å². The second kappa shape index (κ2) is 3.98. The van der Waals surface area contributed by atoms with E-state index in [2.05, 4.69) is 5.32 Å². The van der Waals surface area contributed by atoms with E-state index in [-0.39, 0.29) is 16.7 Å². The average Bonchev–Trinajstić information content (AvgIpc) is 2.69. The molecule has 0 aliphatic carbocycles. The number of hydrogen-bond acceptors (Lipinski definition) is 3. The molecule has 2 rings (SSSR count). The van der Waals surface area contributed by atoms with Crippen molar-refractivity contribution in [3.05, 3.63) is 39.4 Å². The van der Waals surface area contributed by atoms with Gasteiger partial charge in [-0.3, -0.25) is 10.1 Å². The Hall–Kier alpha value is -1.42. The Morgan fingerprint density at radius 2 is 2.33 bits per heavy atom. The van der Waals surface area contributed by atoms with Gasteiger partial charge in [-0.1, -0.05) is 11.6 Å². The molecule has 0 saturated carbocycles. The first-order valence-electron chi connectivity index (χ1n) is 5.17. The maximum absolute atomic E-state index is 10.9. The van der Waals surface area contributed by atoms with E-state index >= 15 is 0 Å². The summed E-state index contributed by atoms with van der Waals surface area (Å²) < 4.78 is 0. The maximum atomic E-state index is 10.9. The maximum Gasteiger partial charge on any atom is 0.274 e. The molecule has 4 nitrogen and oxygen atoms in total. The summed E-state index contributed by atoms with van der Waals surface area (Å²) in [5.74, 6) is 0. The van der Waals surface area contributed by atoms with Crippen molar-refractivity contribution in [3.8, 4) is 0 Å². The molecule has 0 bridgehead atoms. The van der Waals surface area contributed by atoms with E-state index in [0.29, 0.717) is 0 Å². The molecule has 1 heterocycles. The Bertz CT molecular complexity index is 384. The monoisotopic (exact) mass is 206 g/mol. The van der Waals surface area contributed by atoms with Crippen LogP contribution in [0.3, 0.4) is 0 Å². The number of nitro groups is 1. The van der Waals surface area contributed by atoms with Crippen molar-refractivity contribution in [2.24, 2.45) is 0 Å². The van der Waals surface area contributed by atoms with Gasteiger partial charge in [0.1, 0.15) is 0 Å². The summed E-state index contributed by atoms with van der Waals surface area (Å²) in [5, 5.41) is 14.2. The summed E-state index contributed by atoms with van der Waals surface area (Å²) in [6.07, 6.45) is 2.08. The fourth-order valence-corrected chi connectivity index (χ4v) is 2.07. The van der Waals surface area contributed by atoms with Crippen LogP contribution in [0.15, 0.2) is 18.2 Å². The molecule has 1 aliphatic rings. The number of nitrogens with one attached hydrogen (secondary N) is 1. The minimum absolute atomic E-state index is 0.158. The topological polar surface area (TPSA) is 55.2 Å². The predicted octanol–water partition coefficient (Wildman–Crippen LogP) is 2.33. The molecule has 1 fully saturated rings. The molecule has 0 unspecified atom stereocenters. The molecule has 0 spiro atoms. The van der Waals surface area contributed by atoms with E-state index < -0.39 is 0 Å². The Morgan fingerprint density at radius 1 is 1.53 bits per heavy atom. The van der Waals surface area contributed by atoms with Crippen molar-refractivity contribution in [1.29, 1.82) is 0 Å². The average molecular weight is 206 g/mol. The van der Waals surface area contributed by atoms with Crippen molar-refractivity contribution in [2.45, 2.75) is 25.8 Å². The van der Waals surface area contributed by atoms with Gasteiger partial charge in [0.25, 0.3) is 5.69 Å². The number of nitrogens with zero attached hydrogens (tertiary/aromatic N) is 1. The number of nitro benzene ring substituents is 1. The summed E-state index contributed by atoms with van der Waals surface area (Å²) in [5.41, 5.74) is 2.14. The van der Waals surface area contributed by atoms with Crippen molar-refractivity contribution >= 4 is 5.69 Å². The first-order chi connectivity index (χ1) is 7.18. The van der Waals surface area contributed by atoms with Crippen LogP contribution in [0.5, 0.6) is 0 Å². The van der Waals surface area contributed by atoms with Crippen LogP contribution in [-0.2, 0) is 0 Å². The third-order valence-electron chi connectivity index (χ3n) is 2.82. The Balaban J connectivity index is 2.41. The zero-order chi connectivity index (χ0) is 10.8. The predicted molar refractivity (Wildman–Crippen MR) is 57.8 cm³/mol. The third kappa shape index (κ3) is 1.99. The van der Waals surface area contributed by atoms with Crippen molar-refractivity contribution in [2.75, 3.05) is 6.54 Å². The lowest BCUT2D eigenvalue weighted by molar-refractivity contribution is -0.385. The molecule has 80 valence electrons. The van der Waals surface area contributed by atoms with E-state index in [9.17, 15) is 10.1 Å². The van der Waals surface area contributed by atoms with E-state index in [1.165, 1.54) is 0 Å². The van der Waals surface area contributed by atoms with Crippen molar-refractivity contribution in [3.63, 3.8) is 0 Å². The number of aryl methyl sites for hydroxylation is 1. The molecule has 1 aromatic carbocycles. The van der Waals surface area contributed by atoms with Crippen LogP contribution in [0.25, 0.3) is 0 Å². The zero-order valence-corrected chi connectivity index (χ0v) is 8.69.